The molecule has 0 saturated heterocycles. The van der Waals surface area contributed by atoms with E-state index in [9.17, 15) is 9.59 Å². The number of amides is 1. The van der Waals surface area contributed by atoms with Gasteiger partial charge in [0.2, 0.25) is 0 Å². The van der Waals surface area contributed by atoms with E-state index in [1.54, 1.807) is 19.1 Å². The molecule has 1 amide bonds. The highest BCUT2D eigenvalue weighted by atomic mass is 127. The van der Waals surface area contributed by atoms with E-state index in [0.29, 0.717) is 12.2 Å². The third kappa shape index (κ3) is 4.81. The van der Waals surface area contributed by atoms with Crippen molar-refractivity contribution in [3.05, 3.63) is 33.4 Å². The van der Waals surface area contributed by atoms with Crippen LogP contribution >= 0.6 is 22.6 Å². The number of hydrogen-bond donors (Lipinski definition) is 0. The highest BCUT2D eigenvalue weighted by Gasteiger charge is 2.21. The molecule has 0 aliphatic rings. The third-order valence-corrected chi connectivity index (χ3v) is 3.30. The Labute approximate surface area is 127 Å². The standard InChI is InChI=1S/C14H18INO3/c1-4-19-13(17)9-16(10(2)3)14(18)11-5-7-12(15)8-6-11/h5-8,10H,4,9H2,1-3H3. The highest BCUT2D eigenvalue weighted by Crippen LogP contribution is 2.11. The number of halogens is 1. The molecule has 0 aromatic heterocycles. The molecule has 0 aliphatic heterocycles. The summed E-state index contributed by atoms with van der Waals surface area (Å²) in [6.07, 6.45) is 0. The van der Waals surface area contributed by atoms with E-state index in [0.717, 1.165) is 3.57 Å². The summed E-state index contributed by atoms with van der Waals surface area (Å²) in [5, 5.41) is 0. The molecule has 1 aromatic carbocycles. The van der Waals surface area contributed by atoms with Crippen molar-refractivity contribution in [2.45, 2.75) is 26.8 Å². The van der Waals surface area contributed by atoms with Gasteiger partial charge in [-0.1, -0.05) is 0 Å². The summed E-state index contributed by atoms with van der Waals surface area (Å²) in [6, 6.07) is 7.22. The van der Waals surface area contributed by atoms with E-state index >= 15 is 0 Å². The summed E-state index contributed by atoms with van der Waals surface area (Å²) in [5.41, 5.74) is 0.582. The summed E-state index contributed by atoms with van der Waals surface area (Å²) in [6.45, 7) is 5.81. The van der Waals surface area contributed by atoms with Crippen molar-refractivity contribution in [1.29, 1.82) is 0 Å². The van der Waals surface area contributed by atoms with Crippen LogP contribution in [0, 0.1) is 3.57 Å². The normalized spacial score (nSPS) is 10.4. The molecule has 0 heterocycles. The van der Waals surface area contributed by atoms with Crippen LogP contribution in [0.5, 0.6) is 0 Å². The molecular formula is C14H18INO3. The van der Waals surface area contributed by atoms with Crippen molar-refractivity contribution >= 4 is 34.5 Å². The van der Waals surface area contributed by atoms with Crippen LogP contribution in [0.25, 0.3) is 0 Å². The molecule has 0 atom stereocenters. The maximum absolute atomic E-state index is 12.4. The first-order chi connectivity index (χ1) is 8.95. The number of carbonyl (C=O) groups excluding carboxylic acids is 2. The molecule has 19 heavy (non-hydrogen) atoms. The van der Waals surface area contributed by atoms with Crippen molar-refractivity contribution in [1.82, 2.24) is 4.90 Å². The van der Waals surface area contributed by atoms with Gasteiger partial charge in [0.25, 0.3) is 5.91 Å². The fraction of sp³-hybridized carbons (Fsp3) is 0.429. The monoisotopic (exact) mass is 375 g/mol. The molecule has 1 aromatic rings. The summed E-state index contributed by atoms with van der Waals surface area (Å²) >= 11 is 2.18. The molecule has 1 rings (SSSR count). The second kappa shape index (κ2) is 7.47. The zero-order valence-electron chi connectivity index (χ0n) is 11.4. The van der Waals surface area contributed by atoms with Gasteiger partial charge in [0.05, 0.1) is 6.61 Å². The first-order valence-electron chi connectivity index (χ1n) is 6.17. The van der Waals surface area contributed by atoms with E-state index in [2.05, 4.69) is 22.6 Å². The molecule has 0 bridgehead atoms. The van der Waals surface area contributed by atoms with Gasteiger partial charge in [-0.25, -0.2) is 0 Å². The summed E-state index contributed by atoms with van der Waals surface area (Å²) in [4.78, 5) is 25.4. The minimum atomic E-state index is -0.380. The molecule has 0 aliphatic carbocycles. The van der Waals surface area contributed by atoms with Crippen molar-refractivity contribution < 1.29 is 14.3 Å². The predicted octanol–water partition coefficient (Wildman–Crippen LogP) is 2.70. The number of rotatable bonds is 5. The van der Waals surface area contributed by atoms with Gasteiger partial charge in [0, 0.05) is 15.2 Å². The van der Waals surface area contributed by atoms with Gasteiger partial charge >= 0.3 is 5.97 Å². The van der Waals surface area contributed by atoms with Crippen LogP contribution in [0.1, 0.15) is 31.1 Å². The summed E-state index contributed by atoms with van der Waals surface area (Å²) < 4.78 is 5.96. The topological polar surface area (TPSA) is 46.6 Å². The molecule has 0 spiro atoms. The van der Waals surface area contributed by atoms with Crippen LogP contribution in [0.2, 0.25) is 0 Å². The fourth-order valence-electron chi connectivity index (χ4n) is 1.59. The molecule has 4 nitrogen and oxygen atoms in total. The predicted molar refractivity (Wildman–Crippen MR) is 82.0 cm³/mol. The zero-order chi connectivity index (χ0) is 14.4. The van der Waals surface area contributed by atoms with Gasteiger partial charge < -0.3 is 9.64 Å². The Balaban J connectivity index is 2.84. The summed E-state index contributed by atoms with van der Waals surface area (Å²) in [5.74, 6) is -0.533. The lowest BCUT2D eigenvalue weighted by atomic mass is 10.1. The van der Waals surface area contributed by atoms with Crippen LogP contribution in [0.15, 0.2) is 24.3 Å². The lowest BCUT2D eigenvalue weighted by Crippen LogP contribution is -2.41. The average Bonchev–Trinajstić information content (AvgIpc) is 2.36. The lowest BCUT2D eigenvalue weighted by molar-refractivity contribution is -0.144. The van der Waals surface area contributed by atoms with Crippen LogP contribution < -0.4 is 0 Å². The van der Waals surface area contributed by atoms with Crippen molar-refractivity contribution in [3.63, 3.8) is 0 Å². The molecule has 0 fully saturated rings. The van der Waals surface area contributed by atoms with Crippen molar-refractivity contribution in [2.75, 3.05) is 13.2 Å². The number of benzene rings is 1. The van der Waals surface area contributed by atoms with Crippen LogP contribution in [-0.4, -0.2) is 36.0 Å². The van der Waals surface area contributed by atoms with Crippen molar-refractivity contribution in [3.8, 4) is 0 Å². The Hall–Kier alpha value is -1.11. The fourth-order valence-corrected chi connectivity index (χ4v) is 1.95. The molecular weight excluding hydrogens is 357 g/mol. The van der Waals surface area contributed by atoms with E-state index in [1.807, 2.05) is 26.0 Å². The van der Waals surface area contributed by atoms with Crippen LogP contribution in [0.3, 0.4) is 0 Å². The Morgan fingerprint density at radius 3 is 2.32 bits per heavy atom. The third-order valence-electron chi connectivity index (χ3n) is 2.58. The van der Waals surface area contributed by atoms with E-state index in [1.165, 1.54) is 4.90 Å². The maximum Gasteiger partial charge on any atom is 0.325 e. The van der Waals surface area contributed by atoms with Gasteiger partial charge in [0.1, 0.15) is 6.54 Å². The molecule has 0 unspecified atom stereocenters. The number of hydrogen-bond acceptors (Lipinski definition) is 3. The summed E-state index contributed by atoms with van der Waals surface area (Å²) in [7, 11) is 0. The SMILES string of the molecule is CCOC(=O)CN(C(=O)c1ccc(I)cc1)C(C)C. The second-order valence-electron chi connectivity index (χ2n) is 4.34. The largest absolute Gasteiger partial charge is 0.465 e. The van der Waals surface area contributed by atoms with Gasteiger partial charge in [-0.05, 0) is 67.6 Å². The number of ether oxygens (including phenoxy) is 1. The Kier molecular flexibility index (Phi) is 6.27. The maximum atomic E-state index is 12.4. The molecule has 0 N–H and O–H groups in total. The minimum absolute atomic E-state index is 0.0175. The molecule has 104 valence electrons. The van der Waals surface area contributed by atoms with Gasteiger partial charge in [0.15, 0.2) is 0 Å². The van der Waals surface area contributed by atoms with E-state index in [4.69, 9.17) is 4.74 Å². The smallest absolute Gasteiger partial charge is 0.325 e. The average molecular weight is 375 g/mol. The first kappa shape index (κ1) is 15.9. The Morgan fingerprint density at radius 2 is 1.84 bits per heavy atom. The Morgan fingerprint density at radius 1 is 1.26 bits per heavy atom. The van der Waals surface area contributed by atoms with Gasteiger partial charge in [-0.3, -0.25) is 9.59 Å². The van der Waals surface area contributed by atoms with E-state index < -0.39 is 0 Å². The minimum Gasteiger partial charge on any atom is -0.465 e. The van der Waals surface area contributed by atoms with Crippen molar-refractivity contribution in [2.24, 2.45) is 0 Å². The zero-order valence-corrected chi connectivity index (χ0v) is 13.5. The molecule has 0 saturated carbocycles. The molecule has 5 heteroatoms. The van der Waals surface area contributed by atoms with E-state index in [-0.39, 0.29) is 24.5 Å². The number of esters is 1. The number of carbonyl (C=O) groups is 2. The second-order valence-corrected chi connectivity index (χ2v) is 5.58. The quantitative estimate of drug-likeness (QED) is 0.587. The molecule has 0 radical (unpaired) electrons. The number of nitrogens with zero attached hydrogens (tertiary/aromatic N) is 1. The van der Waals surface area contributed by atoms with Gasteiger partial charge in [-0.15, -0.1) is 0 Å². The van der Waals surface area contributed by atoms with Crippen LogP contribution in [0.4, 0.5) is 0 Å². The Bertz CT molecular complexity index is 443. The van der Waals surface area contributed by atoms with Gasteiger partial charge in [-0.2, -0.15) is 0 Å². The lowest BCUT2D eigenvalue weighted by Gasteiger charge is -2.25. The van der Waals surface area contributed by atoms with Crippen LogP contribution in [-0.2, 0) is 9.53 Å². The highest BCUT2D eigenvalue weighted by molar-refractivity contribution is 14.1. The first-order valence-corrected chi connectivity index (χ1v) is 7.25.